The first kappa shape index (κ1) is 21.8. The van der Waals surface area contributed by atoms with Crippen LogP contribution in [-0.2, 0) is 23.8 Å². The summed E-state index contributed by atoms with van der Waals surface area (Å²) >= 11 is 0. The molecule has 3 N–H and O–H groups in total. The number of ketones is 1. The normalized spacial score (nSPS) is 55.0. The van der Waals surface area contributed by atoms with Crippen LogP contribution in [0.5, 0.6) is 0 Å². The molecule has 6 fully saturated rings. The van der Waals surface area contributed by atoms with Crippen LogP contribution in [0.2, 0.25) is 0 Å². The minimum Gasteiger partial charge on any atom is -0.465 e. The molecule has 10 atom stereocenters. The minimum atomic E-state index is -2.02. The lowest BCUT2D eigenvalue weighted by molar-refractivity contribution is -0.441. The number of Topliss-reactive ketones (excluding diaryl/α,β-unsaturated/α-hetero) is 1. The Bertz CT molecular complexity index is 800. The Morgan fingerprint density at radius 3 is 2.71 bits per heavy atom. The molecular weight excluding hydrogens is 404 g/mol. The van der Waals surface area contributed by atoms with Crippen LogP contribution in [0.15, 0.2) is 0 Å². The number of carbonyl (C=O) groups excluding carboxylic acids is 2. The number of aliphatic hydroxyl groups is 3. The van der Waals surface area contributed by atoms with E-state index >= 15 is 0 Å². The molecule has 0 aromatic heterocycles. The number of aliphatic hydroxyl groups excluding tert-OH is 2. The monoisotopic (exact) mass is 438 g/mol. The molecule has 2 aliphatic heterocycles. The molecule has 174 valence electrons. The second-order valence-electron chi connectivity index (χ2n) is 11.0. The number of rotatable bonds is 4. The maximum atomic E-state index is 13.9. The van der Waals surface area contributed by atoms with Gasteiger partial charge in [0.05, 0.1) is 31.3 Å². The maximum absolute atomic E-state index is 13.9. The second kappa shape index (κ2) is 6.73. The van der Waals surface area contributed by atoms with Crippen molar-refractivity contribution in [2.75, 3.05) is 26.9 Å². The summed E-state index contributed by atoms with van der Waals surface area (Å²) in [6, 6.07) is 0. The fourth-order valence-electron chi connectivity index (χ4n) is 8.70. The van der Waals surface area contributed by atoms with E-state index in [-0.39, 0.29) is 43.4 Å². The lowest BCUT2D eigenvalue weighted by Crippen LogP contribution is -2.82. The third-order valence-corrected chi connectivity index (χ3v) is 9.74. The Labute approximate surface area is 182 Å². The van der Waals surface area contributed by atoms with Crippen LogP contribution in [0.1, 0.15) is 46.0 Å². The van der Waals surface area contributed by atoms with Crippen molar-refractivity contribution >= 4 is 11.8 Å². The van der Waals surface area contributed by atoms with Gasteiger partial charge in [-0.05, 0) is 37.5 Å². The Kier molecular flexibility index (Phi) is 4.73. The summed E-state index contributed by atoms with van der Waals surface area (Å²) < 4.78 is 16.7. The van der Waals surface area contributed by atoms with E-state index in [1.165, 1.54) is 14.0 Å². The van der Waals surface area contributed by atoms with Gasteiger partial charge in [0.15, 0.2) is 5.78 Å². The van der Waals surface area contributed by atoms with Crippen molar-refractivity contribution < 1.29 is 39.1 Å². The van der Waals surface area contributed by atoms with Crippen molar-refractivity contribution in [2.45, 2.75) is 63.9 Å². The van der Waals surface area contributed by atoms with Gasteiger partial charge in [-0.15, -0.1) is 0 Å². The summed E-state index contributed by atoms with van der Waals surface area (Å²) in [5.74, 6) is -4.08. The molecule has 2 spiro atoms. The van der Waals surface area contributed by atoms with E-state index in [4.69, 9.17) is 14.2 Å². The van der Waals surface area contributed by atoms with E-state index in [1.807, 2.05) is 6.92 Å². The summed E-state index contributed by atoms with van der Waals surface area (Å²) in [4.78, 5) is 25.4. The molecule has 4 bridgehead atoms. The molecule has 6 rings (SSSR count). The molecule has 6 aliphatic rings. The van der Waals surface area contributed by atoms with Crippen molar-refractivity contribution in [2.24, 2.45) is 39.9 Å². The highest BCUT2D eigenvalue weighted by atomic mass is 16.6. The van der Waals surface area contributed by atoms with Crippen LogP contribution in [0, 0.1) is 39.9 Å². The predicted octanol–water partition coefficient (Wildman–Crippen LogP) is 0.654. The third-order valence-electron chi connectivity index (χ3n) is 9.74. The lowest BCUT2D eigenvalue weighted by Gasteiger charge is -2.73. The summed E-state index contributed by atoms with van der Waals surface area (Å²) in [7, 11) is 1.53. The standard InChI is InChI=1S/C23H34O8/c1-12(24)30-10-20(2)5-4-6-21-11-31-23(28,19(27)17(20)21)22-8-13(15(25)7-16(21)22)14(9-29-3)18(22)26/h13-17,19,25,27-28H,4-11H2,1-3H3. The number of hydrogen-bond acceptors (Lipinski definition) is 8. The van der Waals surface area contributed by atoms with E-state index < -0.39 is 46.1 Å². The second-order valence-corrected chi connectivity index (χ2v) is 11.0. The van der Waals surface area contributed by atoms with Gasteiger partial charge in [0.1, 0.15) is 6.10 Å². The first-order valence-electron chi connectivity index (χ1n) is 11.5. The van der Waals surface area contributed by atoms with Crippen molar-refractivity contribution in [1.82, 2.24) is 0 Å². The van der Waals surface area contributed by atoms with Crippen LogP contribution in [0.25, 0.3) is 0 Å². The summed E-state index contributed by atoms with van der Waals surface area (Å²) in [5, 5.41) is 34.6. The van der Waals surface area contributed by atoms with Gasteiger partial charge in [-0.25, -0.2) is 0 Å². The van der Waals surface area contributed by atoms with Crippen molar-refractivity contribution in [1.29, 1.82) is 0 Å². The molecule has 8 nitrogen and oxygen atoms in total. The van der Waals surface area contributed by atoms with Crippen LogP contribution in [0.3, 0.4) is 0 Å². The Balaban J connectivity index is 1.64. The van der Waals surface area contributed by atoms with E-state index in [1.54, 1.807) is 0 Å². The molecule has 2 heterocycles. The lowest BCUT2D eigenvalue weighted by atomic mass is 9.36. The molecule has 8 heteroatoms. The van der Waals surface area contributed by atoms with Gasteiger partial charge in [-0.1, -0.05) is 13.3 Å². The van der Waals surface area contributed by atoms with Gasteiger partial charge >= 0.3 is 5.97 Å². The van der Waals surface area contributed by atoms with Gasteiger partial charge < -0.3 is 29.5 Å². The quantitative estimate of drug-likeness (QED) is 0.547. The number of fused-ring (bicyclic) bond motifs is 2. The fraction of sp³-hybridized carbons (Fsp3) is 0.913. The van der Waals surface area contributed by atoms with Gasteiger partial charge in [-0.2, -0.15) is 0 Å². The first-order valence-corrected chi connectivity index (χ1v) is 11.5. The topological polar surface area (TPSA) is 123 Å². The fourth-order valence-corrected chi connectivity index (χ4v) is 8.70. The summed E-state index contributed by atoms with van der Waals surface area (Å²) in [5.41, 5.74) is -2.37. The maximum Gasteiger partial charge on any atom is 0.302 e. The molecule has 4 saturated carbocycles. The van der Waals surface area contributed by atoms with Crippen molar-refractivity contribution in [3.8, 4) is 0 Å². The smallest absolute Gasteiger partial charge is 0.302 e. The molecule has 10 unspecified atom stereocenters. The number of hydrogen-bond donors (Lipinski definition) is 3. The number of esters is 1. The molecule has 2 saturated heterocycles. The molecule has 0 aromatic carbocycles. The largest absolute Gasteiger partial charge is 0.465 e. The van der Waals surface area contributed by atoms with E-state index in [0.717, 1.165) is 19.3 Å². The van der Waals surface area contributed by atoms with Crippen LogP contribution < -0.4 is 0 Å². The Morgan fingerprint density at radius 1 is 1.29 bits per heavy atom. The highest BCUT2D eigenvalue weighted by molar-refractivity contribution is 5.92. The van der Waals surface area contributed by atoms with Gasteiger partial charge in [-0.3, -0.25) is 9.59 Å². The van der Waals surface area contributed by atoms with Gasteiger partial charge in [0.2, 0.25) is 5.79 Å². The molecule has 0 aromatic rings. The molecule has 0 radical (unpaired) electrons. The van der Waals surface area contributed by atoms with E-state index in [0.29, 0.717) is 12.8 Å². The molecule has 4 aliphatic carbocycles. The predicted molar refractivity (Wildman–Crippen MR) is 106 cm³/mol. The average molecular weight is 439 g/mol. The van der Waals surface area contributed by atoms with E-state index in [9.17, 15) is 24.9 Å². The van der Waals surface area contributed by atoms with Crippen molar-refractivity contribution in [3.63, 3.8) is 0 Å². The highest BCUT2D eigenvalue weighted by Gasteiger charge is 2.84. The SMILES string of the molecule is COCC1C(=O)C23CC1C(O)CC2C12CCCC(C)(COC(C)=O)C1C(O)C3(O)OC2. The Hall–Kier alpha value is -1.06. The zero-order valence-electron chi connectivity index (χ0n) is 18.5. The zero-order valence-corrected chi connectivity index (χ0v) is 18.5. The van der Waals surface area contributed by atoms with Gasteiger partial charge in [0, 0.05) is 36.7 Å². The number of carbonyl (C=O) groups is 2. The number of methoxy groups -OCH3 is 1. The van der Waals surface area contributed by atoms with Gasteiger partial charge in [0.25, 0.3) is 0 Å². The summed E-state index contributed by atoms with van der Waals surface area (Å²) in [6.07, 6.45) is 1.08. The molecule has 0 amide bonds. The minimum absolute atomic E-state index is 0.146. The van der Waals surface area contributed by atoms with E-state index in [2.05, 4.69) is 0 Å². The Morgan fingerprint density at radius 2 is 2.03 bits per heavy atom. The van der Waals surface area contributed by atoms with Crippen LogP contribution in [-0.4, -0.2) is 72.0 Å². The number of ether oxygens (including phenoxy) is 3. The third kappa shape index (κ3) is 2.43. The van der Waals surface area contributed by atoms with Crippen LogP contribution in [0.4, 0.5) is 0 Å². The highest BCUT2D eigenvalue weighted by Crippen LogP contribution is 2.76. The first-order chi connectivity index (χ1) is 14.6. The van der Waals surface area contributed by atoms with Crippen molar-refractivity contribution in [3.05, 3.63) is 0 Å². The zero-order chi connectivity index (χ0) is 22.4. The molecular formula is C23H34O8. The average Bonchev–Trinajstić information content (AvgIpc) is 2.96. The van der Waals surface area contributed by atoms with Crippen LogP contribution >= 0.6 is 0 Å². The summed E-state index contributed by atoms with van der Waals surface area (Å²) in [6.45, 7) is 3.91. The molecule has 31 heavy (non-hydrogen) atoms.